The number of nitrogens with zero attached hydrogens (tertiary/aromatic N) is 6. The topological polar surface area (TPSA) is 68.4 Å². The summed E-state index contributed by atoms with van der Waals surface area (Å²) in [6.07, 6.45) is 12.9. The Hall–Kier alpha value is -2.72. The van der Waals surface area contributed by atoms with Gasteiger partial charge in [0.05, 0.1) is 18.5 Å². The highest BCUT2D eigenvalue weighted by molar-refractivity contribution is 7.98. The van der Waals surface area contributed by atoms with Gasteiger partial charge in [-0.05, 0) is 73.0 Å². The number of hydrogen-bond donors (Lipinski definition) is 0. The number of halogens is 1. The highest BCUT2D eigenvalue weighted by Gasteiger charge is 2.21. The Bertz CT molecular complexity index is 1240. The van der Waals surface area contributed by atoms with E-state index in [0.29, 0.717) is 33.9 Å². The van der Waals surface area contributed by atoms with Crippen LogP contribution in [0.3, 0.4) is 0 Å². The van der Waals surface area contributed by atoms with Crippen molar-refractivity contribution in [1.82, 2.24) is 24.6 Å². The van der Waals surface area contributed by atoms with Crippen LogP contribution in [0.15, 0.2) is 41.7 Å². The Morgan fingerprint density at radius 3 is 2.69 bits per heavy atom. The number of imidazole rings is 1. The van der Waals surface area contributed by atoms with Gasteiger partial charge in [0.1, 0.15) is 5.82 Å². The van der Waals surface area contributed by atoms with Crippen LogP contribution in [0.25, 0.3) is 16.2 Å². The maximum Gasteiger partial charge on any atom is 0.294 e. The van der Waals surface area contributed by atoms with Gasteiger partial charge >= 0.3 is 0 Å². The first-order valence-corrected chi connectivity index (χ1v) is 14.1. The Labute approximate surface area is 212 Å². The van der Waals surface area contributed by atoms with Crippen molar-refractivity contribution in [3.63, 3.8) is 0 Å². The normalized spacial score (nSPS) is 14.7. The van der Waals surface area contributed by atoms with Crippen molar-refractivity contribution >= 4 is 34.0 Å². The number of piperidine rings is 1. The van der Waals surface area contributed by atoms with Crippen molar-refractivity contribution in [3.8, 4) is 16.5 Å². The number of hydrogen-bond acceptors (Lipinski definition) is 8. The van der Waals surface area contributed by atoms with E-state index < -0.39 is 0 Å². The molecular formula is C25H29FN6OS2. The lowest BCUT2D eigenvalue weighted by Gasteiger charge is -2.31. The van der Waals surface area contributed by atoms with Crippen molar-refractivity contribution in [2.45, 2.75) is 43.9 Å². The molecule has 1 aliphatic rings. The van der Waals surface area contributed by atoms with Crippen molar-refractivity contribution in [3.05, 3.63) is 48.2 Å². The lowest BCUT2D eigenvalue weighted by molar-refractivity contribution is 0.255. The van der Waals surface area contributed by atoms with Gasteiger partial charge in [-0.1, -0.05) is 13.3 Å². The van der Waals surface area contributed by atoms with Gasteiger partial charge in [-0.3, -0.25) is 0 Å². The fraction of sp³-hybridized carbons (Fsp3) is 0.440. The number of fused-ring (bicyclic) bond motifs is 1. The number of benzene rings is 1. The molecule has 4 aromatic rings. The van der Waals surface area contributed by atoms with Crippen LogP contribution in [0.1, 0.15) is 38.2 Å². The summed E-state index contributed by atoms with van der Waals surface area (Å²) in [5.74, 6) is 1.18. The molecule has 7 nitrogen and oxygen atoms in total. The van der Waals surface area contributed by atoms with E-state index in [4.69, 9.17) is 4.74 Å². The second kappa shape index (κ2) is 10.9. The van der Waals surface area contributed by atoms with Gasteiger partial charge in [0.25, 0.3) is 5.19 Å². The van der Waals surface area contributed by atoms with Gasteiger partial charge in [-0.15, -0.1) is 16.9 Å². The summed E-state index contributed by atoms with van der Waals surface area (Å²) in [5.41, 5.74) is 2.26. The Morgan fingerprint density at radius 1 is 1.20 bits per heavy atom. The van der Waals surface area contributed by atoms with E-state index in [2.05, 4.69) is 31.9 Å². The number of thioether (sulfide) groups is 1. The minimum Gasteiger partial charge on any atom is -0.469 e. The molecule has 0 unspecified atom stereocenters. The zero-order valence-electron chi connectivity index (χ0n) is 20.0. The van der Waals surface area contributed by atoms with Gasteiger partial charge in [0.2, 0.25) is 10.9 Å². The molecular weight excluding hydrogens is 483 g/mol. The summed E-state index contributed by atoms with van der Waals surface area (Å²) in [6.45, 7) is 4.74. The second-order valence-corrected chi connectivity index (χ2v) is 10.6. The Morgan fingerprint density at radius 2 is 2.00 bits per heavy atom. The monoisotopic (exact) mass is 512 g/mol. The van der Waals surface area contributed by atoms with E-state index in [1.54, 1.807) is 16.8 Å². The highest BCUT2D eigenvalue weighted by Crippen LogP contribution is 2.30. The minimum absolute atomic E-state index is 0.273. The molecule has 4 heterocycles. The number of ether oxygens (including phenoxy) is 1. The Kier molecular flexibility index (Phi) is 7.48. The molecule has 0 saturated carbocycles. The molecule has 0 N–H and O–H groups in total. The predicted octanol–water partition coefficient (Wildman–Crippen LogP) is 5.75. The van der Waals surface area contributed by atoms with Crippen LogP contribution in [0.2, 0.25) is 0 Å². The first-order chi connectivity index (χ1) is 17.1. The molecule has 1 aliphatic heterocycles. The maximum absolute atomic E-state index is 14.4. The van der Waals surface area contributed by atoms with Gasteiger partial charge < -0.3 is 9.64 Å². The fourth-order valence-corrected chi connectivity index (χ4v) is 5.55. The molecule has 0 spiro atoms. The average molecular weight is 513 g/mol. The van der Waals surface area contributed by atoms with Crippen molar-refractivity contribution in [2.24, 2.45) is 5.92 Å². The molecule has 0 aliphatic carbocycles. The number of aryl methyl sites for hydroxylation is 1. The molecule has 1 saturated heterocycles. The standard InChI is InChI=1S/C25H29FN6OS2/c1-3-4-18-14-27-23(28-15-18)31-10-7-17(8-11-31)9-12-33-25-30-32-16-22(29-24(32)35-25)20-6-5-19(34-2)13-21(20)26/h5-6,13-17H,3-4,7-12H2,1-2H3. The van der Waals surface area contributed by atoms with E-state index in [1.807, 2.05) is 24.7 Å². The molecule has 0 radical (unpaired) electrons. The third-order valence-corrected chi connectivity index (χ3v) is 7.92. The van der Waals surface area contributed by atoms with Crippen LogP contribution >= 0.6 is 23.1 Å². The fourth-order valence-electron chi connectivity index (χ4n) is 4.36. The van der Waals surface area contributed by atoms with E-state index in [1.165, 1.54) is 34.7 Å². The molecule has 0 atom stereocenters. The highest BCUT2D eigenvalue weighted by atomic mass is 32.2. The first kappa shape index (κ1) is 24.0. The maximum atomic E-state index is 14.4. The molecule has 1 fully saturated rings. The van der Waals surface area contributed by atoms with Gasteiger partial charge in [0.15, 0.2) is 0 Å². The zero-order chi connectivity index (χ0) is 24.2. The molecule has 35 heavy (non-hydrogen) atoms. The summed E-state index contributed by atoms with van der Waals surface area (Å²) in [5, 5.41) is 5.07. The Balaban J connectivity index is 1.10. The summed E-state index contributed by atoms with van der Waals surface area (Å²) in [6, 6.07) is 5.21. The van der Waals surface area contributed by atoms with Crippen LogP contribution < -0.4 is 9.64 Å². The average Bonchev–Trinajstić information content (AvgIpc) is 3.44. The van der Waals surface area contributed by atoms with Crippen molar-refractivity contribution in [1.29, 1.82) is 0 Å². The number of rotatable bonds is 9. The quantitative estimate of drug-likeness (QED) is 0.265. The van der Waals surface area contributed by atoms with Gasteiger partial charge in [-0.2, -0.15) is 0 Å². The number of anilines is 1. The molecule has 0 bridgehead atoms. The largest absolute Gasteiger partial charge is 0.469 e. The summed E-state index contributed by atoms with van der Waals surface area (Å²) < 4.78 is 22.0. The smallest absolute Gasteiger partial charge is 0.294 e. The lowest BCUT2D eigenvalue weighted by atomic mass is 9.94. The second-order valence-electron chi connectivity index (χ2n) is 8.78. The van der Waals surface area contributed by atoms with Gasteiger partial charge in [-0.25, -0.2) is 23.9 Å². The summed E-state index contributed by atoms with van der Waals surface area (Å²) in [7, 11) is 0. The van der Waals surface area contributed by atoms with Crippen LogP contribution in [-0.2, 0) is 6.42 Å². The molecule has 1 aromatic carbocycles. The summed E-state index contributed by atoms with van der Waals surface area (Å²) in [4.78, 5) is 17.5. The SMILES string of the molecule is CCCc1cnc(N2CCC(CCOc3nn4cc(-c5ccc(SC)cc5F)nc4s3)CC2)nc1. The first-order valence-electron chi connectivity index (χ1n) is 12.0. The molecule has 0 amide bonds. The molecule has 184 valence electrons. The van der Waals surface area contributed by atoms with Crippen LogP contribution in [0, 0.1) is 11.7 Å². The lowest BCUT2D eigenvalue weighted by Crippen LogP contribution is -2.35. The van der Waals surface area contributed by atoms with E-state index in [9.17, 15) is 4.39 Å². The zero-order valence-corrected chi connectivity index (χ0v) is 21.6. The van der Waals surface area contributed by atoms with Gasteiger partial charge in [0, 0.05) is 35.9 Å². The van der Waals surface area contributed by atoms with Crippen LogP contribution in [-0.4, -0.2) is 50.5 Å². The number of aromatic nitrogens is 5. The molecule has 10 heteroatoms. The summed E-state index contributed by atoms with van der Waals surface area (Å²) >= 11 is 2.90. The van der Waals surface area contributed by atoms with Crippen molar-refractivity contribution < 1.29 is 9.13 Å². The predicted molar refractivity (Wildman–Crippen MR) is 139 cm³/mol. The molecule has 5 rings (SSSR count). The van der Waals surface area contributed by atoms with E-state index in [-0.39, 0.29) is 5.82 Å². The third-order valence-electron chi connectivity index (χ3n) is 6.36. The van der Waals surface area contributed by atoms with E-state index in [0.717, 1.165) is 56.0 Å². The van der Waals surface area contributed by atoms with Crippen molar-refractivity contribution in [2.75, 3.05) is 30.9 Å². The third kappa shape index (κ3) is 5.59. The van der Waals surface area contributed by atoms with Crippen LogP contribution in [0.4, 0.5) is 10.3 Å². The molecule has 3 aromatic heterocycles. The van der Waals surface area contributed by atoms with Crippen LogP contribution in [0.5, 0.6) is 5.19 Å². The van der Waals surface area contributed by atoms with E-state index >= 15 is 0 Å². The minimum atomic E-state index is -0.273.